The van der Waals surface area contributed by atoms with Gasteiger partial charge in [0.25, 0.3) is 0 Å². The van der Waals surface area contributed by atoms with Crippen LogP contribution in [0.1, 0.15) is 20.3 Å². The predicted octanol–water partition coefficient (Wildman–Crippen LogP) is 2.09. The zero-order valence-corrected chi connectivity index (χ0v) is 22.4. The number of guanidine groups is 1. The largest absolute Gasteiger partial charge is 0.497 e. The first-order valence-electron chi connectivity index (χ1n) is 11.6. The summed E-state index contributed by atoms with van der Waals surface area (Å²) in [5.41, 5.74) is 1.13. The maximum Gasteiger partial charge on any atom is 0.191 e. The van der Waals surface area contributed by atoms with Crippen LogP contribution in [0.5, 0.6) is 11.5 Å². The quantitative estimate of drug-likeness (QED) is 0.273. The first kappa shape index (κ1) is 26.8. The van der Waals surface area contributed by atoms with E-state index in [0.717, 1.165) is 81.9 Å². The van der Waals surface area contributed by atoms with E-state index in [2.05, 4.69) is 51.3 Å². The molecule has 0 saturated carbocycles. The number of likely N-dealkylation sites (N-methyl/N-ethyl adjacent to an activating group) is 1. The van der Waals surface area contributed by atoms with E-state index in [0.29, 0.717) is 6.04 Å². The van der Waals surface area contributed by atoms with Crippen molar-refractivity contribution in [3.63, 3.8) is 0 Å². The molecule has 3 rings (SSSR count). The zero-order chi connectivity index (χ0) is 22.1. The first-order chi connectivity index (χ1) is 15.1. The number of hydrogen-bond donors (Lipinski definition) is 2. The van der Waals surface area contributed by atoms with Crippen molar-refractivity contribution in [1.82, 2.24) is 20.4 Å². The smallest absolute Gasteiger partial charge is 0.191 e. The topological polar surface area (TPSA) is 64.6 Å². The molecular formula is C23H41IN6O2. The normalized spacial score (nSPS) is 20.1. The van der Waals surface area contributed by atoms with Crippen LogP contribution < -0.4 is 25.0 Å². The molecule has 0 aliphatic carbocycles. The maximum absolute atomic E-state index is 5.43. The number of piperazine rings is 1. The number of halogens is 1. The van der Waals surface area contributed by atoms with Gasteiger partial charge < -0.3 is 29.9 Å². The lowest BCUT2D eigenvalue weighted by molar-refractivity contribution is 0.140. The van der Waals surface area contributed by atoms with Gasteiger partial charge in [-0.1, -0.05) is 6.92 Å². The maximum atomic E-state index is 5.43. The number of anilines is 1. The summed E-state index contributed by atoms with van der Waals surface area (Å²) in [7, 11) is 3.38. The molecule has 8 nitrogen and oxygen atoms in total. The molecule has 2 heterocycles. The Labute approximate surface area is 210 Å². The van der Waals surface area contributed by atoms with Gasteiger partial charge in [-0.2, -0.15) is 0 Å². The molecule has 9 heteroatoms. The number of nitrogens with zero attached hydrogens (tertiary/aromatic N) is 4. The SMILES string of the molecule is CCNC(=NCCN1CCN(CC)CC1)NC1CCN(c2cc(OC)cc(OC)c2)C1.I. The van der Waals surface area contributed by atoms with E-state index < -0.39 is 0 Å². The first-order valence-corrected chi connectivity index (χ1v) is 11.6. The summed E-state index contributed by atoms with van der Waals surface area (Å²) in [4.78, 5) is 12.2. The molecule has 2 fully saturated rings. The summed E-state index contributed by atoms with van der Waals surface area (Å²) >= 11 is 0. The summed E-state index contributed by atoms with van der Waals surface area (Å²) in [5.74, 6) is 2.56. The predicted molar refractivity (Wildman–Crippen MR) is 143 cm³/mol. The van der Waals surface area contributed by atoms with Crippen LogP contribution in [0.3, 0.4) is 0 Å². The summed E-state index contributed by atoms with van der Waals surface area (Å²) in [6.07, 6.45) is 1.07. The van der Waals surface area contributed by atoms with Crippen LogP contribution in [0, 0.1) is 0 Å². The number of hydrogen-bond acceptors (Lipinski definition) is 6. The third-order valence-electron chi connectivity index (χ3n) is 6.17. The minimum absolute atomic E-state index is 0. The fourth-order valence-electron chi connectivity index (χ4n) is 4.23. The third-order valence-corrected chi connectivity index (χ3v) is 6.17. The number of rotatable bonds is 9. The molecule has 1 aromatic rings. The minimum atomic E-state index is 0. The highest BCUT2D eigenvalue weighted by atomic mass is 127. The van der Waals surface area contributed by atoms with Crippen LogP contribution in [0.2, 0.25) is 0 Å². The van der Waals surface area contributed by atoms with Crippen molar-refractivity contribution < 1.29 is 9.47 Å². The van der Waals surface area contributed by atoms with Crippen molar-refractivity contribution in [2.24, 2.45) is 4.99 Å². The molecule has 1 aromatic carbocycles. The summed E-state index contributed by atoms with van der Waals surface area (Å²) in [6.45, 7) is 14.8. The lowest BCUT2D eigenvalue weighted by atomic mass is 10.2. The molecule has 182 valence electrons. The van der Waals surface area contributed by atoms with Gasteiger partial charge in [0.15, 0.2) is 5.96 Å². The number of benzene rings is 1. The molecule has 0 bridgehead atoms. The summed E-state index contributed by atoms with van der Waals surface area (Å²) < 4.78 is 10.9. The average Bonchev–Trinajstić information content (AvgIpc) is 3.27. The van der Waals surface area contributed by atoms with E-state index in [-0.39, 0.29) is 24.0 Å². The second-order valence-corrected chi connectivity index (χ2v) is 8.18. The van der Waals surface area contributed by atoms with E-state index in [1.165, 1.54) is 13.1 Å². The van der Waals surface area contributed by atoms with Gasteiger partial charge >= 0.3 is 0 Å². The molecule has 1 unspecified atom stereocenters. The fourth-order valence-corrected chi connectivity index (χ4v) is 4.23. The van der Waals surface area contributed by atoms with Gasteiger partial charge in [-0.05, 0) is 19.9 Å². The second-order valence-electron chi connectivity index (χ2n) is 8.18. The van der Waals surface area contributed by atoms with Gasteiger partial charge in [0.1, 0.15) is 11.5 Å². The molecule has 32 heavy (non-hydrogen) atoms. The Bertz CT molecular complexity index is 689. The van der Waals surface area contributed by atoms with Crippen LogP contribution in [-0.4, -0.2) is 101 Å². The lowest BCUT2D eigenvalue weighted by Gasteiger charge is -2.33. The minimum Gasteiger partial charge on any atom is -0.497 e. The molecule has 2 N–H and O–H groups in total. The van der Waals surface area contributed by atoms with E-state index >= 15 is 0 Å². The van der Waals surface area contributed by atoms with Gasteiger partial charge in [-0.3, -0.25) is 9.89 Å². The standard InChI is InChI=1S/C23H40N6O2.HI/c1-5-24-23(25-8-10-28-13-11-27(6-2)12-14-28)26-19-7-9-29(18-19)20-15-21(30-3)17-22(16-20)31-4;/h15-17,19H,5-14,18H2,1-4H3,(H2,24,25,26);1H. The van der Waals surface area contributed by atoms with Crippen LogP contribution in [0.25, 0.3) is 0 Å². The van der Waals surface area contributed by atoms with Crippen molar-refractivity contribution in [1.29, 1.82) is 0 Å². The zero-order valence-electron chi connectivity index (χ0n) is 20.1. The Morgan fingerprint density at radius 1 is 1.00 bits per heavy atom. The van der Waals surface area contributed by atoms with Gasteiger partial charge in [0.05, 0.1) is 20.8 Å². The lowest BCUT2D eigenvalue weighted by Crippen LogP contribution is -2.47. The van der Waals surface area contributed by atoms with Gasteiger partial charge in [0.2, 0.25) is 0 Å². The molecule has 0 aromatic heterocycles. The van der Waals surface area contributed by atoms with E-state index in [4.69, 9.17) is 14.5 Å². The van der Waals surface area contributed by atoms with Crippen molar-refractivity contribution in [3.05, 3.63) is 18.2 Å². The molecule has 0 amide bonds. The fraction of sp³-hybridized carbons (Fsp3) is 0.696. The molecule has 2 aliphatic heterocycles. The van der Waals surface area contributed by atoms with Crippen LogP contribution >= 0.6 is 24.0 Å². The van der Waals surface area contributed by atoms with Crippen LogP contribution in [-0.2, 0) is 0 Å². The van der Waals surface area contributed by atoms with E-state index in [1.807, 2.05) is 6.07 Å². The molecular weight excluding hydrogens is 519 g/mol. The van der Waals surface area contributed by atoms with Gasteiger partial charge in [-0.25, -0.2) is 0 Å². The summed E-state index contributed by atoms with van der Waals surface area (Å²) in [6, 6.07) is 6.42. The third kappa shape index (κ3) is 7.84. The number of aliphatic imine (C=N–C) groups is 1. The van der Waals surface area contributed by atoms with Crippen molar-refractivity contribution in [2.75, 3.05) is 84.6 Å². The summed E-state index contributed by atoms with van der Waals surface area (Å²) in [5, 5.41) is 7.04. The Hall–Kier alpha value is -1.46. The molecule has 1 atom stereocenters. The Morgan fingerprint density at radius 2 is 1.66 bits per heavy atom. The monoisotopic (exact) mass is 560 g/mol. The average molecular weight is 561 g/mol. The highest BCUT2D eigenvalue weighted by Crippen LogP contribution is 2.30. The highest BCUT2D eigenvalue weighted by Gasteiger charge is 2.24. The van der Waals surface area contributed by atoms with Gasteiger partial charge in [0, 0.05) is 82.3 Å². The Morgan fingerprint density at radius 3 is 2.25 bits per heavy atom. The van der Waals surface area contributed by atoms with Crippen LogP contribution in [0.4, 0.5) is 5.69 Å². The number of nitrogens with one attached hydrogen (secondary N) is 2. The Balaban J connectivity index is 0.00000363. The van der Waals surface area contributed by atoms with Gasteiger partial charge in [-0.15, -0.1) is 24.0 Å². The van der Waals surface area contributed by atoms with E-state index in [9.17, 15) is 0 Å². The number of ether oxygens (including phenoxy) is 2. The molecule has 2 aliphatic rings. The van der Waals surface area contributed by atoms with Crippen molar-refractivity contribution >= 4 is 35.6 Å². The number of methoxy groups -OCH3 is 2. The second kappa shape index (κ2) is 13.9. The van der Waals surface area contributed by atoms with E-state index in [1.54, 1.807) is 14.2 Å². The molecule has 0 radical (unpaired) electrons. The van der Waals surface area contributed by atoms with Crippen LogP contribution in [0.15, 0.2) is 23.2 Å². The highest BCUT2D eigenvalue weighted by molar-refractivity contribution is 14.0. The van der Waals surface area contributed by atoms with Crippen molar-refractivity contribution in [2.45, 2.75) is 26.3 Å². The Kier molecular flexibility index (Phi) is 11.7. The molecule has 0 spiro atoms. The van der Waals surface area contributed by atoms with Crippen molar-refractivity contribution in [3.8, 4) is 11.5 Å². The molecule has 2 saturated heterocycles.